The molecule has 0 saturated heterocycles. The summed E-state index contributed by atoms with van der Waals surface area (Å²) in [5, 5.41) is 10.1. The maximum Gasteiger partial charge on any atom is 0.266 e. The standard InChI is InChI=1S/C20H13BrN2O2/c21-14-6-11-18-17(12-14)20(25)23(15-7-9-16(24)10-8-15)19(22-18)13-4-2-1-3-5-13/h1-12,24H. The molecule has 0 atom stereocenters. The van der Waals surface area contributed by atoms with Crippen molar-refractivity contribution in [2.24, 2.45) is 0 Å². The topological polar surface area (TPSA) is 55.1 Å². The highest BCUT2D eigenvalue weighted by Crippen LogP contribution is 2.24. The van der Waals surface area contributed by atoms with Gasteiger partial charge in [-0.05, 0) is 42.5 Å². The minimum atomic E-state index is -0.157. The summed E-state index contributed by atoms with van der Waals surface area (Å²) in [6, 6.07) is 21.6. The van der Waals surface area contributed by atoms with Crippen molar-refractivity contribution in [2.45, 2.75) is 0 Å². The molecule has 0 amide bonds. The molecule has 0 fully saturated rings. The second kappa shape index (κ2) is 6.18. The van der Waals surface area contributed by atoms with E-state index in [1.54, 1.807) is 34.9 Å². The Morgan fingerprint density at radius 1 is 0.920 bits per heavy atom. The number of fused-ring (bicyclic) bond motifs is 1. The summed E-state index contributed by atoms with van der Waals surface area (Å²) in [6.07, 6.45) is 0. The first-order chi connectivity index (χ1) is 12.1. The summed E-state index contributed by atoms with van der Waals surface area (Å²) < 4.78 is 2.40. The highest BCUT2D eigenvalue weighted by atomic mass is 79.9. The summed E-state index contributed by atoms with van der Waals surface area (Å²) in [4.78, 5) is 17.9. The molecule has 122 valence electrons. The zero-order valence-corrected chi connectivity index (χ0v) is 14.6. The monoisotopic (exact) mass is 392 g/mol. The van der Waals surface area contributed by atoms with E-state index in [1.807, 2.05) is 42.5 Å². The molecule has 0 unspecified atom stereocenters. The Morgan fingerprint density at radius 2 is 1.64 bits per heavy atom. The number of hydrogen-bond donors (Lipinski definition) is 1. The van der Waals surface area contributed by atoms with Crippen molar-refractivity contribution in [3.05, 3.63) is 87.6 Å². The molecule has 1 heterocycles. The summed E-state index contributed by atoms with van der Waals surface area (Å²) in [5.74, 6) is 0.709. The fourth-order valence-corrected chi connectivity index (χ4v) is 3.14. The molecule has 1 aromatic heterocycles. The minimum Gasteiger partial charge on any atom is -0.508 e. The van der Waals surface area contributed by atoms with Gasteiger partial charge in [0.05, 0.1) is 16.6 Å². The van der Waals surface area contributed by atoms with Crippen LogP contribution in [0.25, 0.3) is 28.0 Å². The Labute approximate surface area is 152 Å². The van der Waals surface area contributed by atoms with Gasteiger partial charge in [-0.15, -0.1) is 0 Å². The molecule has 0 spiro atoms. The summed E-state index contributed by atoms with van der Waals surface area (Å²) in [5.41, 5.74) is 1.98. The van der Waals surface area contributed by atoms with Crippen LogP contribution in [-0.4, -0.2) is 14.7 Å². The van der Waals surface area contributed by atoms with Gasteiger partial charge in [0.2, 0.25) is 0 Å². The van der Waals surface area contributed by atoms with Crippen LogP contribution in [0.2, 0.25) is 0 Å². The van der Waals surface area contributed by atoms with E-state index in [1.165, 1.54) is 0 Å². The zero-order valence-electron chi connectivity index (χ0n) is 13.1. The molecule has 5 heteroatoms. The van der Waals surface area contributed by atoms with E-state index >= 15 is 0 Å². The predicted octanol–water partition coefficient (Wildman–Crippen LogP) is 4.52. The van der Waals surface area contributed by atoms with Crippen molar-refractivity contribution in [3.8, 4) is 22.8 Å². The van der Waals surface area contributed by atoms with Crippen LogP contribution in [0.15, 0.2) is 82.1 Å². The van der Waals surface area contributed by atoms with E-state index in [-0.39, 0.29) is 11.3 Å². The van der Waals surface area contributed by atoms with Gasteiger partial charge in [0.1, 0.15) is 11.6 Å². The normalized spacial score (nSPS) is 10.9. The van der Waals surface area contributed by atoms with Crippen LogP contribution in [-0.2, 0) is 0 Å². The molecule has 3 aromatic carbocycles. The minimum absolute atomic E-state index is 0.148. The number of aromatic nitrogens is 2. The predicted molar refractivity (Wildman–Crippen MR) is 102 cm³/mol. The molecular formula is C20H13BrN2O2. The van der Waals surface area contributed by atoms with Crippen molar-refractivity contribution >= 4 is 26.8 Å². The number of halogens is 1. The second-order valence-corrected chi connectivity index (χ2v) is 6.54. The molecule has 0 aliphatic heterocycles. The molecule has 4 aromatic rings. The fourth-order valence-electron chi connectivity index (χ4n) is 2.78. The second-order valence-electron chi connectivity index (χ2n) is 5.62. The van der Waals surface area contributed by atoms with Gasteiger partial charge < -0.3 is 5.11 Å². The van der Waals surface area contributed by atoms with E-state index in [9.17, 15) is 9.90 Å². The smallest absolute Gasteiger partial charge is 0.266 e. The summed E-state index contributed by atoms with van der Waals surface area (Å²) in [6.45, 7) is 0. The van der Waals surface area contributed by atoms with Gasteiger partial charge in [0.15, 0.2) is 0 Å². The third-order valence-electron chi connectivity index (χ3n) is 3.97. The first kappa shape index (κ1) is 15.6. The Kier molecular flexibility index (Phi) is 3.86. The number of hydrogen-bond acceptors (Lipinski definition) is 3. The Morgan fingerprint density at radius 3 is 2.36 bits per heavy atom. The fraction of sp³-hybridized carbons (Fsp3) is 0. The third-order valence-corrected chi connectivity index (χ3v) is 4.46. The van der Waals surface area contributed by atoms with Crippen molar-refractivity contribution in [1.29, 1.82) is 0 Å². The Hall–Kier alpha value is -2.92. The molecule has 0 radical (unpaired) electrons. The molecule has 0 bridgehead atoms. The first-order valence-corrected chi connectivity index (χ1v) is 8.50. The van der Waals surface area contributed by atoms with Gasteiger partial charge in [0, 0.05) is 10.0 Å². The first-order valence-electron chi connectivity index (χ1n) is 7.70. The highest BCUT2D eigenvalue weighted by molar-refractivity contribution is 9.10. The zero-order chi connectivity index (χ0) is 17.4. The van der Waals surface area contributed by atoms with Crippen molar-refractivity contribution < 1.29 is 5.11 Å². The van der Waals surface area contributed by atoms with Crippen LogP contribution in [0, 0.1) is 0 Å². The van der Waals surface area contributed by atoms with Crippen LogP contribution in [0.4, 0.5) is 0 Å². The molecule has 4 rings (SSSR count). The maximum atomic E-state index is 13.2. The van der Waals surface area contributed by atoms with Gasteiger partial charge in [-0.1, -0.05) is 46.3 Å². The Bertz CT molecular complexity index is 1120. The van der Waals surface area contributed by atoms with E-state index in [4.69, 9.17) is 4.98 Å². The Balaban J connectivity index is 2.12. The molecule has 25 heavy (non-hydrogen) atoms. The van der Waals surface area contributed by atoms with E-state index in [0.29, 0.717) is 22.4 Å². The van der Waals surface area contributed by atoms with Gasteiger partial charge in [-0.3, -0.25) is 9.36 Å². The third kappa shape index (κ3) is 2.83. The number of nitrogens with zero attached hydrogens (tertiary/aromatic N) is 2. The molecule has 1 N–H and O–H groups in total. The quantitative estimate of drug-likeness (QED) is 0.545. The van der Waals surface area contributed by atoms with Crippen LogP contribution >= 0.6 is 15.9 Å². The van der Waals surface area contributed by atoms with E-state index in [0.717, 1.165) is 10.0 Å². The lowest BCUT2D eigenvalue weighted by Crippen LogP contribution is -2.22. The molecule has 0 aliphatic carbocycles. The van der Waals surface area contributed by atoms with Gasteiger partial charge in [-0.2, -0.15) is 0 Å². The number of rotatable bonds is 2. The van der Waals surface area contributed by atoms with Gasteiger partial charge >= 0.3 is 0 Å². The van der Waals surface area contributed by atoms with E-state index in [2.05, 4.69) is 15.9 Å². The van der Waals surface area contributed by atoms with Crippen molar-refractivity contribution in [1.82, 2.24) is 9.55 Å². The number of benzene rings is 3. The lowest BCUT2D eigenvalue weighted by molar-refractivity contribution is 0.475. The average Bonchev–Trinajstić information content (AvgIpc) is 2.64. The highest BCUT2D eigenvalue weighted by Gasteiger charge is 2.14. The lowest BCUT2D eigenvalue weighted by Gasteiger charge is -2.14. The maximum absolute atomic E-state index is 13.2. The van der Waals surface area contributed by atoms with Gasteiger partial charge in [-0.25, -0.2) is 4.98 Å². The average molecular weight is 393 g/mol. The molecule has 0 saturated carbocycles. The lowest BCUT2D eigenvalue weighted by atomic mass is 10.1. The van der Waals surface area contributed by atoms with Crippen molar-refractivity contribution in [3.63, 3.8) is 0 Å². The number of aromatic hydroxyl groups is 1. The molecule has 4 nitrogen and oxygen atoms in total. The van der Waals surface area contributed by atoms with Gasteiger partial charge in [0.25, 0.3) is 5.56 Å². The molecule has 0 aliphatic rings. The number of phenols is 1. The SMILES string of the molecule is O=c1c2cc(Br)ccc2nc(-c2ccccc2)n1-c1ccc(O)cc1. The van der Waals surface area contributed by atoms with Crippen LogP contribution in [0.3, 0.4) is 0 Å². The van der Waals surface area contributed by atoms with E-state index < -0.39 is 0 Å². The van der Waals surface area contributed by atoms with Crippen LogP contribution in [0.5, 0.6) is 5.75 Å². The number of phenolic OH excluding ortho intramolecular Hbond substituents is 1. The van der Waals surface area contributed by atoms with Crippen molar-refractivity contribution in [2.75, 3.05) is 0 Å². The van der Waals surface area contributed by atoms with Crippen LogP contribution < -0.4 is 5.56 Å². The molecular weight excluding hydrogens is 380 g/mol. The largest absolute Gasteiger partial charge is 0.508 e. The summed E-state index contributed by atoms with van der Waals surface area (Å²) in [7, 11) is 0. The summed E-state index contributed by atoms with van der Waals surface area (Å²) >= 11 is 3.41. The van der Waals surface area contributed by atoms with Crippen LogP contribution in [0.1, 0.15) is 0 Å².